The van der Waals surface area contributed by atoms with Crippen LogP contribution in [-0.2, 0) is 0 Å². The van der Waals surface area contributed by atoms with Gasteiger partial charge in [0.1, 0.15) is 0 Å². The van der Waals surface area contributed by atoms with E-state index in [1.54, 1.807) is 0 Å². The minimum Gasteiger partial charge on any atom is -0.325 e. The highest BCUT2D eigenvalue weighted by Crippen LogP contribution is 2.65. The molecule has 4 rings (SSSR count). The molecule has 2 unspecified atom stereocenters. The molecule has 0 saturated heterocycles. The van der Waals surface area contributed by atoms with Crippen LogP contribution >= 0.6 is 24.0 Å². The molecule has 2 atom stereocenters. The topological polar surface area (TPSA) is 26.0 Å². The Labute approximate surface area is 104 Å². The molecule has 0 spiro atoms. The average Bonchev–Trinajstić information content (AvgIpc) is 1.71. The van der Waals surface area contributed by atoms with Gasteiger partial charge in [0.2, 0.25) is 0 Å². The van der Waals surface area contributed by atoms with Gasteiger partial charge in [-0.15, -0.1) is 24.0 Å². The van der Waals surface area contributed by atoms with E-state index in [0.717, 1.165) is 5.92 Å². The van der Waals surface area contributed by atoms with Gasteiger partial charge in [0.05, 0.1) is 0 Å². The minimum atomic E-state index is 0. The van der Waals surface area contributed by atoms with Crippen LogP contribution in [0.5, 0.6) is 0 Å². The van der Waals surface area contributed by atoms with Crippen molar-refractivity contribution in [2.75, 3.05) is 0 Å². The Kier molecular flexibility index (Phi) is 2.30. The van der Waals surface area contributed by atoms with Gasteiger partial charge in [-0.05, 0) is 55.3 Å². The second-order valence-corrected chi connectivity index (χ2v) is 6.99. The van der Waals surface area contributed by atoms with Crippen molar-refractivity contribution in [2.24, 2.45) is 22.5 Å². The van der Waals surface area contributed by atoms with Gasteiger partial charge in [0, 0.05) is 5.54 Å². The molecule has 0 aromatic heterocycles. The van der Waals surface area contributed by atoms with Crippen molar-refractivity contribution in [3.8, 4) is 0 Å². The van der Waals surface area contributed by atoms with Crippen molar-refractivity contribution in [2.45, 2.75) is 57.9 Å². The summed E-state index contributed by atoms with van der Waals surface area (Å²) in [6.45, 7) is 4.94. The normalized spacial score (nSPS) is 59.8. The summed E-state index contributed by atoms with van der Waals surface area (Å²) < 4.78 is 0. The number of nitrogens with two attached hydrogens (primary N) is 1. The van der Waals surface area contributed by atoms with Crippen LogP contribution in [0.4, 0.5) is 0 Å². The van der Waals surface area contributed by atoms with Gasteiger partial charge in [-0.25, -0.2) is 0 Å². The van der Waals surface area contributed by atoms with Crippen LogP contribution in [-0.4, -0.2) is 5.54 Å². The lowest BCUT2D eigenvalue weighted by Crippen LogP contribution is -2.62. The van der Waals surface area contributed by atoms with Crippen molar-refractivity contribution < 1.29 is 0 Å². The predicted molar refractivity (Wildman–Crippen MR) is 69.7 cm³/mol. The quantitative estimate of drug-likeness (QED) is 0.683. The van der Waals surface area contributed by atoms with Crippen molar-refractivity contribution >= 4 is 24.0 Å². The molecule has 82 valence electrons. The standard InChI is InChI=1S/C12H21N.HI/c1-10-3-9-4-11(2,6-10)8-12(13,5-9)7-10;/h9H,3-8,13H2,1-2H3;1H. The fraction of sp³-hybridized carbons (Fsp3) is 1.00. The molecule has 2 N–H and O–H groups in total. The fourth-order valence-electron chi connectivity index (χ4n) is 5.54. The summed E-state index contributed by atoms with van der Waals surface area (Å²) in [6, 6.07) is 0. The molecule has 0 aliphatic heterocycles. The zero-order chi connectivity index (χ0) is 9.32. The molecule has 14 heavy (non-hydrogen) atoms. The van der Waals surface area contributed by atoms with Crippen LogP contribution in [0.3, 0.4) is 0 Å². The van der Waals surface area contributed by atoms with Crippen molar-refractivity contribution in [3.63, 3.8) is 0 Å². The van der Waals surface area contributed by atoms with Gasteiger partial charge >= 0.3 is 0 Å². The second-order valence-electron chi connectivity index (χ2n) is 6.99. The zero-order valence-electron chi connectivity index (χ0n) is 9.31. The lowest BCUT2D eigenvalue weighted by Gasteiger charge is -2.64. The van der Waals surface area contributed by atoms with E-state index >= 15 is 0 Å². The molecule has 4 bridgehead atoms. The van der Waals surface area contributed by atoms with Gasteiger partial charge in [-0.3, -0.25) is 0 Å². The first-order valence-electron chi connectivity index (χ1n) is 5.70. The maximum atomic E-state index is 6.49. The Morgan fingerprint density at radius 2 is 1.43 bits per heavy atom. The van der Waals surface area contributed by atoms with E-state index in [2.05, 4.69) is 13.8 Å². The number of halogens is 1. The van der Waals surface area contributed by atoms with Gasteiger partial charge < -0.3 is 5.73 Å². The minimum absolute atomic E-state index is 0. The van der Waals surface area contributed by atoms with E-state index < -0.39 is 0 Å². The summed E-state index contributed by atoms with van der Waals surface area (Å²) in [5.74, 6) is 0.955. The van der Waals surface area contributed by atoms with E-state index in [4.69, 9.17) is 5.73 Å². The molecule has 0 heterocycles. The Morgan fingerprint density at radius 1 is 0.929 bits per heavy atom. The third-order valence-electron chi connectivity index (χ3n) is 4.67. The molecule has 4 saturated carbocycles. The zero-order valence-corrected chi connectivity index (χ0v) is 11.6. The third kappa shape index (κ3) is 1.53. The Balaban J connectivity index is 0.000000750. The Hall–Kier alpha value is 0.690. The van der Waals surface area contributed by atoms with E-state index in [-0.39, 0.29) is 29.5 Å². The Bertz CT molecular complexity index is 212. The van der Waals surface area contributed by atoms with Crippen LogP contribution in [0, 0.1) is 16.7 Å². The highest BCUT2D eigenvalue weighted by Gasteiger charge is 2.58. The SMILES string of the molecule is CC12CC3CC(C)(C1)CC(N)(C3)C2.I. The van der Waals surface area contributed by atoms with Crippen LogP contribution in [0.2, 0.25) is 0 Å². The average molecular weight is 307 g/mol. The number of rotatable bonds is 0. The lowest BCUT2D eigenvalue weighted by molar-refractivity contribution is -0.104. The molecule has 2 heteroatoms. The fourth-order valence-corrected chi connectivity index (χ4v) is 5.54. The summed E-state index contributed by atoms with van der Waals surface area (Å²) in [5.41, 5.74) is 7.92. The molecule has 0 aromatic rings. The maximum Gasteiger partial charge on any atom is 0.0167 e. The highest BCUT2D eigenvalue weighted by molar-refractivity contribution is 14.0. The van der Waals surface area contributed by atoms with Gasteiger partial charge in [0.25, 0.3) is 0 Å². The lowest BCUT2D eigenvalue weighted by atomic mass is 9.43. The number of hydrogen-bond acceptors (Lipinski definition) is 1. The van der Waals surface area contributed by atoms with E-state index in [0.29, 0.717) is 10.8 Å². The molecule has 0 radical (unpaired) electrons. The van der Waals surface area contributed by atoms with E-state index in [9.17, 15) is 0 Å². The molecule has 0 amide bonds. The van der Waals surface area contributed by atoms with Crippen molar-refractivity contribution in [1.29, 1.82) is 0 Å². The smallest absolute Gasteiger partial charge is 0.0167 e. The predicted octanol–water partition coefficient (Wildman–Crippen LogP) is 3.31. The van der Waals surface area contributed by atoms with Gasteiger partial charge in [-0.1, -0.05) is 13.8 Å². The van der Waals surface area contributed by atoms with Crippen molar-refractivity contribution in [3.05, 3.63) is 0 Å². The molecular weight excluding hydrogens is 285 g/mol. The second kappa shape index (κ2) is 2.88. The summed E-state index contributed by atoms with van der Waals surface area (Å²) in [4.78, 5) is 0. The third-order valence-corrected chi connectivity index (χ3v) is 4.67. The van der Waals surface area contributed by atoms with Gasteiger partial charge in [-0.2, -0.15) is 0 Å². The van der Waals surface area contributed by atoms with Crippen molar-refractivity contribution in [1.82, 2.24) is 0 Å². The number of hydrogen-bond donors (Lipinski definition) is 1. The molecule has 4 fully saturated rings. The molecule has 1 nitrogen and oxygen atoms in total. The maximum absolute atomic E-state index is 6.49. The molecular formula is C12H22IN. The van der Waals surface area contributed by atoms with Gasteiger partial charge in [0.15, 0.2) is 0 Å². The van der Waals surface area contributed by atoms with E-state index in [1.165, 1.54) is 38.5 Å². The Morgan fingerprint density at radius 3 is 1.79 bits per heavy atom. The first-order valence-corrected chi connectivity index (χ1v) is 5.70. The van der Waals surface area contributed by atoms with Crippen LogP contribution in [0.25, 0.3) is 0 Å². The molecule has 4 aliphatic carbocycles. The summed E-state index contributed by atoms with van der Waals surface area (Å²) in [7, 11) is 0. The first kappa shape index (κ1) is 11.2. The summed E-state index contributed by atoms with van der Waals surface area (Å²) >= 11 is 0. The highest BCUT2D eigenvalue weighted by atomic mass is 127. The monoisotopic (exact) mass is 307 g/mol. The van der Waals surface area contributed by atoms with Crippen LogP contribution in [0.15, 0.2) is 0 Å². The first-order chi connectivity index (χ1) is 5.91. The van der Waals surface area contributed by atoms with Crippen LogP contribution < -0.4 is 5.73 Å². The largest absolute Gasteiger partial charge is 0.325 e. The molecule has 4 aliphatic rings. The molecule has 0 aromatic carbocycles. The van der Waals surface area contributed by atoms with Crippen LogP contribution in [0.1, 0.15) is 52.4 Å². The van der Waals surface area contributed by atoms with E-state index in [1.807, 2.05) is 0 Å². The summed E-state index contributed by atoms with van der Waals surface area (Å²) in [6.07, 6.45) is 8.27. The summed E-state index contributed by atoms with van der Waals surface area (Å²) in [5, 5.41) is 0.